The van der Waals surface area contributed by atoms with Gasteiger partial charge >= 0.3 is 0 Å². The Labute approximate surface area is 121 Å². The van der Waals surface area contributed by atoms with Crippen LogP contribution in [0.5, 0.6) is 0 Å². The van der Waals surface area contributed by atoms with Gasteiger partial charge < -0.3 is 5.11 Å². The number of benzene rings is 1. The Kier molecular flexibility index (Phi) is 4.83. The van der Waals surface area contributed by atoms with Crippen LogP contribution < -0.4 is 0 Å². The Balaban J connectivity index is 2.20. The Bertz CT molecular complexity index is 566. The van der Waals surface area contributed by atoms with Crippen molar-refractivity contribution in [2.24, 2.45) is 0 Å². The first kappa shape index (κ1) is 15.5. The normalized spacial score (nSPS) is 17.0. The van der Waals surface area contributed by atoms with Gasteiger partial charge in [-0.3, -0.25) is 0 Å². The van der Waals surface area contributed by atoms with Gasteiger partial charge in [-0.1, -0.05) is 6.07 Å². The molecule has 1 unspecified atom stereocenters. The minimum atomic E-state index is -3.45. The summed E-state index contributed by atoms with van der Waals surface area (Å²) in [5, 5.41) is 9.27. The van der Waals surface area contributed by atoms with Crippen molar-refractivity contribution in [1.29, 1.82) is 0 Å². The van der Waals surface area contributed by atoms with Gasteiger partial charge in [0.25, 0.3) is 0 Å². The predicted octanol–water partition coefficient (Wildman–Crippen LogP) is 1.96. The van der Waals surface area contributed by atoms with Crippen molar-refractivity contribution in [2.75, 3.05) is 13.6 Å². The Morgan fingerprint density at radius 2 is 1.90 bits per heavy atom. The molecule has 0 radical (unpaired) electrons. The maximum Gasteiger partial charge on any atom is 0.242 e. The summed E-state index contributed by atoms with van der Waals surface area (Å²) >= 11 is 0. The van der Waals surface area contributed by atoms with Crippen molar-refractivity contribution >= 4 is 10.0 Å². The van der Waals surface area contributed by atoms with Crippen molar-refractivity contribution in [3.63, 3.8) is 0 Å². The van der Waals surface area contributed by atoms with Crippen LogP contribution in [0.15, 0.2) is 23.1 Å². The second-order valence-corrected chi connectivity index (χ2v) is 7.65. The maximum absolute atomic E-state index is 12.5. The van der Waals surface area contributed by atoms with Crippen LogP contribution in [0.4, 0.5) is 0 Å². The van der Waals surface area contributed by atoms with Crippen molar-refractivity contribution in [2.45, 2.75) is 50.0 Å². The van der Waals surface area contributed by atoms with Crippen LogP contribution in [0.25, 0.3) is 0 Å². The molecule has 0 aromatic heterocycles. The maximum atomic E-state index is 12.5. The van der Waals surface area contributed by atoms with Crippen molar-refractivity contribution < 1.29 is 13.5 Å². The zero-order chi connectivity index (χ0) is 14.8. The average molecular weight is 297 g/mol. The number of aliphatic hydroxyl groups is 1. The Morgan fingerprint density at radius 1 is 1.25 bits per heavy atom. The molecular weight excluding hydrogens is 274 g/mol. The average Bonchev–Trinajstić information content (AvgIpc) is 2.44. The summed E-state index contributed by atoms with van der Waals surface area (Å²) in [5.74, 6) is 0. The minimum absolute atomic E-state index is 0.330. The second kappa shape index (κ2) is 6.24. The number of fused-ring (bicyclic) bond motifs is 1. The fourth-order valence-corrected chi connectivity index (χ4v) is 3.78. The summed E-state index contributed by atoms with van der Waals surface area (Å²) in [7, 11) is -1.88. The molecule has 0 aliphatic heterocycles. The van der Waals surface area contributed by atoms with Gasteiger partial charge in [0.15, 0.2) is 0 Å². The van der Waals surface area contributed by atoms with E-state index in [1.165, 1.54) is 21.9 Å². The SMILES string of the molecule is CC(O)CCN(C)S(=O)(=O)c1ccc2c(c1)CCCC2. The standard InChI is InChI=1S/C15H23NO3S/c1-12(17)9-10-16(2)20(18,19)15-8-7-13-5-3-4-6-14(13)11-15/h7-8,11-12,17H,3-6,9-10H2,1-2H3. The molecule has 4 nitrogen and oxygen atoms in total. The molecule has 0 saturated heterocycles. The minimum Gasteiger partial charge on any atom is -0.393 e. The first-order valence-electron chi connectivity index (χ1n) is 7.17. The van der Waals surface area contributed by atoms with Crippen molar-refractivity contribution in [3.05, 3.63) is 29.3 Å². The largest absolute Gasteiger partial charge is 0.393 e. The molecule has 5 heteroatoms. The predicted molar refractivity (Wildman–Crippen MR) is 79.2 cm³/mol. The summed E-state index contributed by atoms with van der Waals surface area (Å²) in [6, 6.07) is 5.48. The van der Waals surface area contributed by atoms with E-state index >= 15 is 0 Å². The molecule has 1 aromatic rings. The summed E-state index contributed by atoms with van der Waals surface area (Å²) in [4.78, 5) is 0.367. The number of rotatable bonds is 5. The van der Waals surface area contributed by atoms with Gasteiger partial charge in [0.1, 0.15) is 0 Å². The molecule has 1 atom stereocenters. The van der Waals surface area contributed by atoms with Gasteiger partial charge in [0.2, 0.25) is 10.0 Å². The number of aliphatic hydroxyl groups excluding tert-OH is 1. The van der Waals surface area contributed by atoms with Crippen molar-refractivity contribution in [3.8, 4) is 0 Å². The third-order valence-electron chi connectivity index (χ3n) is 3.89. The number of hydrogen-bond donors (Lipinski definition) is 1. The lowest BCUT2D eigenvalue weighted by Gasteiger charge is -2.20. The fraction of sp³-hybridized carbons (Fsp3) is 0.600. The van der Waals surface area contributed by atoms with Gasteiger partial charge in [0, 0.05) is 13.6 Å². The van der Waals surface area contributed by atoms with Gasteiger partial charge in [-0.05, 0) is 62.3 Å². The molecule has 0 heterocycles. The monoisotopic (exact) mass is 297 g/mol. The lowest BCUT2D eigenvalue weighted by Crippen LogP contribution is -2.29. The van der Waals surface area contributed by atoms with Crippen molar-refractivity contribution in [1.82, 2.24) is 4.31 Å². The van der Waals surface area contributed by atoms with E-state index in [1.807, 2.05) is 12.1 Å². The molecule has 0 spiro atoms. The number of nitrogens with zero attached hydrogens (tertiary/aromatic N) is 1. The zero-order valence-electron chi connectivity index (χ0n) is 12.2. The molecule has 0 bridgehead atoms. The number of sulfonamides is 1. The van der Waals surface area contributed by atoms with Crippen LogP contribution in [0.2, 0.25) is 0 Å². The Hall–Kier alpha value is -0.910. The topological polar surface area (TPSA) is 57.6 Å². The fourth-order valence-electron chi connectivity index (χ4n) is 2.54. The highest BCUT2D eigenvalue weighted by Crippen LogP contribution is 2.25. The Morgan fingerprint density at radius 3 is 2.55 bits per heavy atom. The van der Waals surface area contributed by atoms with E-state index in [9.17, 15) is 13.5 Å². The second-order valence-electron chi connectivity index (χ2n) is 5.60. The molecule has 1 aromatic carbocycles. The number of hydrogen-bond acceptors (Lipinski definition) is 3. The zero-order valence-corrected chi connectivity index (χ0v) is 13.0. The molecule has 1 aliphatic rings. The van der Waals surface area contributed by atoms with Crippen LogP contribution in [0.3, 0.4) is 0 Å². The van der Waals surface area contributed by atoms with E-state index in [4.69, 9.17) is 0 Å². The lowest BCUT2D eigenvalue weighted by molar-refractivity contribution is 0.177. The van der Waals surface area contributed by atoms with Crippen LogP contribution >= 0.6 is 0 Å². The molecule has 0 saturated carbocycles. The molecule has 2 rings (SSSR count). The van der Waals surface area contributed by atoms with Gasteiger partial charge in [-0.2, -0.15) is 0 Å². The van der Waals surface area contributed by atoms with E-state index in [0.717, 1.165) is 19.3 Å². The van der Waals surface area contributed by atoms with E-state index in [-0.39, 0.29) is 0 Å². The van der Waals surface area contributed by atoms with Gasteiger partial charge in [-0.25, -0.2) is 12.7 Å². The van der Waals surface area contributed by atoms with E-state index < -0.39 is 16.1 Å². The lowest BCUT2D eigenvalue weighted by atomic mass is 9.92. The summed E-state index contributed by atoms with van der Waals surface area (Å²) in [6.45, 7) is 2.00. The van der Waals surface area contributed by atoms with E-state index in [1.54, 1.807) is 20.0 Å². The molecular formula is C15H23NO3S. The van der Waals surface area contributed by atoms with Gasteiger partial charge in [-0.15, -0.1) is 0 Å². The summed E-state index contributed by atoms with van der Waals surface area (Å²) in [6.07, 6.45) is 4.29. The first-order chi connectivity index (χ1) is 9.41. The van der Waals surface area contributed by atoms with Gasteiger partial charge in [0.05, 0.1) is 11.0 Å². The quantitative estimate of drug-likeness (QED) is 0.904. The highest BCUT2D eigenvalue weighted by atomic mass is 32.2. The third kappa shape index (κ3) is 3.40. The third-order valence-corrected chi connectivity index (χ3v) is 5.74. The molecule has 0 amide bonds. The molecule has 0 fully saturated rings. The smallest absolute Gasteiger partial charge is 0.242 e. The first-order valence-corrected chi connectivity index (χ1v) is 8.61. The van der Waals surface area contributed by atoms with Crippen LogP contribution in [-0.2, 0) is 22.9 Å². The highest BCUT2D eigenvalue weighted by molar-refractivity contribution is 7.89. The van der Waals surface area contributed by atoms with Crippen LogP contribution in [0.1, 0.15) is 37.3 Å². The summed E-state index contributed by atoms with van der Waals surface area (Å²) in [5.41, 5.74) is 2.45. The van der Waals surface area contributed by atoms with Crippen LogP contribution in [-0.4, -0.2) is 37.5 Å². The molecule has 1 aliphatic carbocycles. The molecule has 1 N–H and O–H groups in total. The van der Waals surface area contributed by atoms with E-state index in [2.05, 4.69) is 0 Å². The van der Waals surface area contributed by atoms with E-state index in [0.29, 0.717) is 17.9 Å². The molecule has 20 heavy (non-hydrogen) atoms. The molecule has 112 valence electrons. The summed E-state index contributed by atoms with van der Waals surface area (Å²) < 4.78 is 26.3. The highest BCUT2D eigenvalue weighted by Gasteiger charge is 2.22. The number of aryl methyl sites for hydroxylation is 2. The van der Waals surface area contributed by atoms with Crippen LogP contribution in [0, 0.1) is 0 Å².